The van der Waals surface area contributed by atoms with Crippen molar-refractivity contribution in [3.8, 4) is 0 Å². The lowest BCUT2D eigenvalue weighted by Crippen LogP contribution is -2.35. The van der Waals surface area contributed by atoms with Crippen LogP contribution in [0.15, 0.2) is 12.1 Å². The molecule has 1 unspecified atom stereocenters. The van der Waals surface area contributed by atoms with Crippen LogP contribution in [0.25, 0.3) is 0 Å². The van der Waals surface area contributed by atoms with Crippen LogP contribution in [0.5, 0.6) is 0 Å². The number of hydrogen-bond donors (Lipinski definition) is 1. The standard InChI is InChI=1S/C17H27N3/c1-14-5-3-11-20(13-14)12-4-7-16-9-8-15-6-2-10-18-17(15)19-16/h8-9,14H,2-7,10-13H2,1H3,(H,18,19). The number of aryl methyl sites for hydroxylation is 2. The third kappa shape index (κ3) is 3.51. The zero-order valence-electron chi connectivity index (χ0n) is 12.7. The predicted octanol–water partition coefficient (Wildman–Crippen LogP) is 3.10. The van der Waals surface area contributed by atoms with Crippen LogP contribution < -0.4 is 5.32 Å². The highest BCUT2D eigenvalue weighted by atomic mass is 15.1. The van der Waals surface area contributed by atoms with Gasteiger partial charge >= 0.3 is 0 Å². The zero-order chi connectivity index (χ0) is 13.8. The van der Waals surface area contributed by atoms with Crippen molar-refractivity contribution in [2.24, 2.45) is 5.92 Å². The van der Waals surface area contributed by atoms with E-state index < -0.39 is 0 Å². The number of piperidine rings is 1. The zero-order valence-corrected chi connectivity index (χ0v) is 12.7. The van der Waals surface area contributed by atoms with Crippen molar-refractivity contribution in [1.82, 2.24) is 9.88 Å². The van der Waals surface area contributed by atoms with Gasteiger partial charge in [0, 0.05) is 18.8 Å². The third-order valence-electron chi connectivity index (χ3n) is 4.60. The van der Waals surface area contributed by atoms with E-state index in [2.05, 4.69) is 29.3 Å². The van der Waals surface area contributed by atoms with Crippen LogP contribution in [0.2, 0.25) is 0 Å². The van der Waals surface area contributed by atoms with Crippen molar-refractivity contribution >= 4 is 5.82 Å². The summed E-state index contributed by atoms with van der Waals surface area (Å²) in [7, 11) is 0. The Morgan fingerprint density at radius 3 is 3.20 bits per heavy atom. The summed E-state index contributed by atoms with van der Waals surface area (Å²) in [5, 5.41) is 3.43. The van der Waals surface area contributed by atoms with Crippen LogP contribution in [-0.4, -0.2) is 36.1 Å². The van der Waals surface area contributed by atoms with Gasteiger partial charge in [0.1, 0.15) is 5.82 Å². The number of nitrogens with zero attached hydrogens (tertiary/aromatic N) is 2. The Kier molecular flexibility index (Phi) is 4.56. The van der Waals surface area contributed by atoms with E-state index in [-0.39, 0.29) is 0 Å². The maximum absolute atomic E-state index is 4.78. The first-order valence-electron chi connectivity index (χ1n) is 8.26. The molecule has 0 aliphatic carbocycles. The minimum atomic E-state index is 0.884. The summed E-state index contributed by atoms with van der Waals surface area (Å²) in [6, 6.07) is 4.50. The molecule has 3 heteroatoms. The molecule has 3 heterocycles. The maximum atomic E-state index is 4.78. The van der Waals surface area contributed by atoms with Gasteiger partial charge in [-0.1, -0.05) is 13.0 Å². The summed E-state index contributed by atoms with van der Waals surface area (Å²) in [6.45, 7) is 7.28. The topological polar surface area (TPSA) is 28.2 Å². The number of fused-ring (bicyclic) bond motifs is 1. The van der Waals surface area contributed by atoms with E-state index in [0.717, 1.165) is 24.7 Å². The average molecular weight is 273 g/mol. The molecule has 2 aliphatic heterocycles. The predicted molar refractivity (Wildman–Crippen MR) is 84.2 cm³/mol. The molecule has 3 nitrogen and oxygen atoms in total. The highest BCUT2D eigenvalue weighted by Crippen LogP contribution is 2.20. The second-order valence-corrected chi connectivity index (χ2v) is 6.49. The summed E-state index contributed by atoms with van der Waals surface area (Å²) in [6.07, 6.45) is 7.55. The smallest absolute Gasteiger partial charge is 0.129 e. The Morgan fingerprint density at radius 2 is 2.30 bits per heavy atom. The Morgan fingerprint density at radius 1 is 1.35 bits per heavy atom. The van der Waals surface area contributed by atoms with Crippen molar-refractivity contribution in [1.29, 1.82) is 0 Å². The fraction of sp³-hybridized carbons (Fsp3) is 0.706. The highest BCUT2D eigenvalue weighted by molar-refractivity contribution is 5.46. The Labute approximate surface area is 122 Å². The van der Waals surface area contributed by atoms with Crippen LogP contribution in [0.1, 0.15) is 43.9 Å². The molecule has 2 aliphatic rings. The van der Waals surface area contributed by atoms with E-state index in [9.17, 15) is 0 Å². The summed E-state index contributed by atoms with van der Waals surface area (Å²) in [4.78, 5) is 7.41. The van der Waals surface area contributed by atoms with Gasteiger partial charge in [0.15, 0.2) is 0 Å². The molecular weight excluding hydrogens is 246 g/mol. The van der Waals surface area contributed by atoms with Gasteiger partial charge < -0.3 is 10.2 Å². The molecule has 0 spiro atoms. The summed E-state index contributed by atoms with van der Waals surface area (Å²) >= 11 is 0. The number of pyridine rings is 1. The molecule has 110 valence electrons. The molecule has 0 radical (unpaired) electrons. The van der Waals surface area contributed by atoms with Crippen molar-refractivity contribution in [3.05, 3.63) is 23.4 Å². The molecule has 0 aromatic carbocycles. The van der Waals surface area contributed by atoms with Crippen LogP contribution in [0.4, 0.5) is 5.82 Å². The number of hydrogen-bond acceptors (Lipinski definition) is 3. The molecule has 1 N–H and O–H groups in total. The second-order valence-electron chi connectivity index (χ2n) is 6.49. The van der Waals surface area contributed by atoms with Gasteiger partial charge in [-0.25, -0.2) is 4.98 Å². The van der Waals surface area contributed by atoms with Gasteiger partial charge in [-0.15, -0.1) is 0 Å². The molecule has 1 atom stereocenters. The molecule has 3 rings (SSSR count). The van der Waals surface area contributed by atoms with E-state index >= 15 is 0 Å². The van der Waals surface area contributed by atoms with E-state index in [1.54, 1.807) is 0 Å². The monoisotopic (exact) mass is 273 g/mol. The molecule has 1 saturated heterocycles. The Bertz CT molecular complexity index is 444. The lowest BCUT2D eigenvalue weighted by molar-refractivity contribution is 0.182. The van der Waals surface area contributed by atoms with Crippen LogP contribution >= 0.6 is 0 Å². The largest absolute Gasteiger partial charge is 0.370 e. The molecule has 0 saturated carbocycles. The number of nitrogens with one attached hydrogen (secondary N) is 1. The minimum Gasteiger partial charge on any atom is -0.370 e. The van der Waals surface area contributed by atoms with Crippen LogP contribution in [0, 0.1) is 5.92 Å². The molecule has 0 bridgehead atoms. The van der Waals surface area contributed by atoms with Crippen molar-refractivity contribution < 1.29 is 0 Å². The summed E-state index contributed by atoms with van der Waals surface area (Å²) in [5.41, 5.74) is 2.65. The molecule has 1 fully saturated rings. The first kappa shape index (κ1) is 13.9. The molecule has 1 aromatic rings. The van der Waals surface area contributed by atoms with Gasteiger partial charge in [0.2, 0.25) is 0 Å². The molecule has 0 amide bonds. The summed E-state index contributed by atoms with van der Waals surface area (Å²) in [5.74, 6) is 2.02. The lowest BCUT2D eigenvalue weighted by atomic mass is 10.00. The molecular formula is C17H27N3. The fourth-order valence-corrected chi connectivity index (χ4v) is 3.48. The first-order valence-corrected chi connectivity index (χ1v) is 8.26. The van der Waals surface area contributed by atoms with Crippen molar-refractivity contribution in [2.45, 2.75) is 45.4 Å². The van der Waals surface area contributed by atoms with Gasteiger partial charge in [-0.3, -0.25) is 0 Å². The van der Waals surface area contributed by atoms with Crippen LogP contribution in [-0.2, 0) is 12.8 Å². The number of anilines is 1. The Hall–Kier alpha value is -1.09. The SMILES string of the molecule is CC1CCCN(CCCc2ccc3c(n2)NCCC3)C1. The molecule has 20 heavy (non-hydrogen) atoms. The third-order valence-corrected chi connectivity index (χ3v) is 4.60. The fourth-order valence-electron chi connectivity index (χ4n) is 3.48. The Balaban J connectivity index is 1.48. The highest BCUT2D eigenvalue weighted by Gasteiger charge is 2.15. The van der Waals surface area contributed by atoms with Crippen molar-refractivity contribution in [2.75, 3.05) is 31.5 Å². The van der Waals surface area contributed by atoms with E-state index in [4.69, 9.17) is 4.98 Å². The maximum Gasteiger partial charge on any atom is 0.129 e. The summed E-state index contributed by atoms with van der Waals surface area (Å²) < 4.78 is 0. The number of rotatable bonds is 4. The van der Waals surface area contributed by atoms with Gasteiger partial charge in [-0.05, 0) is 69.2 Å². The second kappa shape index (κ2) is 6.57. The minimum absolute atomic E-state index is 0.884. The number of likely N-dealkylation sites (tertiary alicyclic amines) is 1. The van der Waals surface area contributed by atoms with Gasteiger partial charge in [0.05, 0.1) is 0 Å². The first-order chi connectivity index (χ1) is 9.81. The van der Waals surface area contributed by atoms with E-state index in [1.807, 2.05) is 0 Å². The van der Waals surface area contributed by atoms with E-state index in [1.165, 1.54) is 63.0 Å². The normalized spacial score (nSPS) is 23.1. The van der Waals surface area contributed by atoms with Crippen molar-refractivity contribution in [3.63, 3.8) is 0 Å². The molecule has 1 aromatic heterocycles. The van der Waals surface area contributed by atoms with Crippen LogP contribution in [0.3, 0.4) is 0 Å². The van der Waals surface area contributed by atoms with E-state index in [0.29, 0.717) is 0 Å². The average Bonchev–Trinajstić information content (AvgIpc) is 2.47. The number of aromatic nitrogens is 1. The van der Waals surface area contributed by atoms with Gasteiger partial charge in [-0.2, -0.15) is 0 Å². The lowest BCUT2D eigenvalue weighted by Gasteiger charge is -2.30. The van der Waals surface area contributed by atoms with Gasteiger partial charge in [0.25, 0.3) is 0 Å². The quantitative estimate of drug-likeness (QED) is 0.913.